The van der Waals surface area contributed by atoms with Gasteiger partial charge in [-0.1, -0.05) is 29.8 Å². The first-order chi connectivity index (χ1) is 13.0. The van der Waals surface area contributed by atoms with Gasteiger partial charge < -0.3 is 10.2 Å². The minimum atomic E-state index is -0.384. The van der Waals surface area contributed by atoms with Crippen LogP contribution in [-0.4, -0.2) is 33.4 Å². The van der Waals surface area contributed by atoms with E-state index in [0.717, 1.165) is 28.7 Å². The number of rotatable bonds is 5. The molecule has 0 bridgehead atoms. The van der Waals surface area contributed by atoms with E-state index in [1.165, 1.54) is 11.8 Å². The summed E-state index contributed by atoms with van der Waals surface area (Å²) in [7, 11) is 0. The summed E-state index contributed by atoms with van der Waals surface area (Å²) in [6, 6.07) is 7.98. The van der Waals surface area contributed by atoms with Gasteiger partial charge in [0.05, 0.1) is 16.8 Å². The van der Waals surface area contributed by atoms with Gasteiger partial charge >= 0.3 is 0 Å². The second-order valence-electron chi connectivity index (χ2n) is 6.87. The number of aryl methyl sites for hydroxylation is 1. The van der Waals surface area contributed by atoms with Gasteiger partial charge in [0.25, 0.3) is 5.56 Å². The maximum atomic E-state index is 12.9. The van der Waals surface area contributed by atoms with Crippen molar-refractivity contribution in [3.05, 3.63) is 51.9 Å². The van der Waals surface area contributed by atoms with Crippen LogP contribution in [0, 0.1) is 6.92 Å². The van der Waals surface area contributed by atoms with Crippen LogP contribution in [-0.2, 0) is 22.7 Å². The highest BCUT2D eigenvalue weighted by Gasteiger charge is 2.39. The molecule has 2 amide bonds. The molecule has 4 rings (SSSR count). The van der Waals surface area contributed by atoms with Gasteiger partial charge in [-0.05, 0) is 25.3 Å². The molecule has 0 saturated heterocycles. The van der Waals surface area contributed by atoms with Crippen molar-refractivity contribution in [2.24, 2.45) is 0 Å². The molecule has 1 fully saturated rings. The van der Waals surface area contributed by atoms with Gasteiger partial charge in [0.1, 0.15) is 12.2 Å². The normalized spacial score (nSPS) is 16.2. The fourth-order valence-corrected chi connectivity index (χ4v) is 3.92. The standard InChI is InChI=1S/C19H20N4O3S/c1-12-2-4-13(5-3-12)8-20-16(24)10-22-19(26)18-15(9-21-22)27-11-17(25)23(18)14-6-7-14/h2-5,9,14H,6-8,10-11H2,1H3,(H,20,24). The van der Waals surface area contributed by atoms with E-state index >= 15 is 0 Å². The highest BCUT2D eigenvalue weighted by atomic mass is 32.2. The van der Waals surface area contributed by atoms with E-state index in [2.05, 4.69) is 10.4 Å². The molecule has 1 aliphatic carbocycles. The summed E-state index contributed by atoms with van der Waals surface area (Å²) in [4.78, 5) is 39.7. The van der Waals surface area contributed by atoms with Crippen LogP contribution in [0.4, 0.5) is 5.69 Å². The van der Waals surface area contributed by atoms with Crippen LogP contribution in [0.1, 0.15) is 24.0 Å². The van der Waals surface area contributed by atoms with Crippen LogP contribution in [0.5, 0.6) is 0 Å². The molecular weight excluding hydrogens is 364 g/mol. The zero-order valence-electron chi connectivity index (χ0n) is 15.0. The third kappa shape index (κ3) is 3.75. The summed E-state index contributed by atoms with van der Waals surface area (Å²) in [5.74, 6) is -0.0161. The predicted molar refractivity (Wildman–Crippen MR) is 103 cm³/mol. The summed E-state index contributed by atoms with van der Waals surface area (Å²) < 4.78 is 1.14. The topological polar surface area (TPSA) is 84.3 Å². The molecule has 1 N–H and O–H groups in total. The number of hydrogen-bond donors (Lipinski definition) is 1. The summed E-state index contributed by atoms with van der Waals surface area (Å²) in [6.45, 7) is 2.22. The number of thioether (sulfide) groups is 1. The molecule has 2 aromatic rings. The van der Waals surface area contributed by atoms with Gasteiger partial charge in [-0.15, -0.1) is 11.8 Å². The van der Waals surface area contributed by atoms with E-state index in [0.29, 0.717) is 22.9 Å². The van der Waals surface area contributed by atoms with Crippen LogP contribution in [0.25, 0.3) is 0 Å². The van der Waals surface area contributed by atoms with E-state index in [9.17, 15) is 14.4 Å². The summed E-state index contributed by atoms with van der Waals surface area (Å²) in [5, 5.41) is 6.93. The first kappa shape index (κ1) is 17.8. The summed E-state index contributed by atoms with van der Waals surface area (Å²) in [5.41, 5.74) is 2.13. The quantitative estimate of drug-likeness (QED) is 0.844. The number of anilines is 1. The van der Waals surface area contributed by atoms with Crippen molar-refractivity contribution in [2.45, 2.75) is 43.8 Å². The Labute approximate surface area is 160 Å². The Hall–Kier alpha value is -2.61. The molecule has 2 heterocycles. The Morgan fingerprint density at radius 3 is 2.70 bits per heavy atom. The number of hydrogen-bond acceptors (Lipinski definition) is 5. The number of fused-ring (bicyclic) bond motifs is 1. The average molecular weight is 384 g/mol. The van der Waals surface area contributed by atoms with Crippen LogP contribution in [0.3, 0.4) is 0 Å². The van der Waals surface area contributed by atoms with E-state index in [1.807, 2.05) is 31.2 Å². The first-order valence-corrected chi connectivity index (χ1v) is 9.88. The lowest BCUT2D eigenvalue weighted by Gasteiger charge is -2.28. The lowest BCUT2D eigenvalue weighted by Crippen LogP contribution is -2.43. The summed E-state index contributed by atoms with van der Waals surface area (Å²) >= 11 is 1.33. The second kappa shape index (κ2) is 7.19. The van der Waals surface area contributed by atoms with Crippen LogP contribution < -0.4 is 15.8 Å². The van der Waals surface area contributed by atoms with E-state index in [1.54, 1.807) is 11.1 Å². The molecule has 1 aromatic heterocycles. The Balaban J connectivity index is 1.49. The second-order valence-corrected chi connectivity index (χ2v) is 7.88. The highest BCUT2D eigenvalue weighted by molar-refractivity contribution is 8.00. The van der Waals surface area contributed by atoms with Gasteiger partial charge in [0.15, 0.2) is 0 Å². The van der Waals surface area contributed by atoms with Crippen LogP contribution in [0.15, 0.2) is 40.2 Å². The fourth-order valence-electron chi connectivity index (χ4n) is 3.05. The Morgan fingerprint density at radius 1 is 1.26 bits per heavy atom. The van der Waals surface area contributed by atoms with E-state index in [-0.39, 0.29) is 30.0 Å². The average Bonchev–Trinajstić information content (AvgIpc) is 3.49. The molecule has 1 aliphatic heterocycles. The smallest absolute Gasteiger partial charge is 0.292 e. The zero-order chi connectivity index (χ0) is 19.0. The Morgan fingerprint density at radius 2 is 2.00 bits per heavy atom. The third-order valence-corrected chi connectivity index (χ3v) is 5.66. The molecule has 1 aromatic carbocycles. The Kier molecular flexibility index (Phi) is 4.73. The van der Waals surface area contributed by atoms with Gasteiger partial charge in [0, 0.05) is 12.6 Å². The molecule has 8 heteroatoms. The van der Waals surface area contributed by atoms with Crippen LogP contribution >= 0.6 is 11.8 Å². The number of benzene rings is 1. The SMILES string of the molecule is Cc1ccc(CNC(=O)Cn2ncc3c(c2=O)N(C2CC2)C(=O)CS3)cc1. The zero-order valence-corrected chi connectivity index (χ0v) is 15.8. The summed E-state index contributed by atoms with van der Waals surface area (Å²) in [6.07, 6.45) is 3.40. The number of nitrogens with one attached hydrogen (secondary N) is 1. The molecule has 0 atom stereocenters. The molecular formula is C19H20N4O3S. The Bertz CT molecular complexity index is 950. The minimum Gasteiger partial charge on any atom is -0.350 e. The van der Waals surface area contributed by atoms with Crippen molar-refractivity contribution in [1.82, 2.24) is 15.1 Å². The molecule has 27 heavy (non-hydrogen) atoms. The molecule has 2 aliphatic rings. The van der Waals surface area contributed by atoms with Crippen molar-refractivity contribution >= 4 is 29.3 Å². The maximum Gasteiger partial charge on any atom is 0.292 e. The third-order valence-electron chi connectivity index (χ3n) is 4.66. The van der Waals surface area contributed by atoms with Crippen molar-refractivity contribution in [1.29, 1.82) is 0 Å². The van der Waals surface area contributed by atoms with Crippen molar-refractivity contribution in [2.75, 3.05) is 10.7 Å². The first-order valence-electron chi connectivity index (χ1n) is 8.90. The van der Waals surface area contributed by atoms with Gasteiger partial charge in [-0.2, -0.15) is 5.10 Å². The van der Waals surface area contributed by atoms with Gasteiger partial charge in [-0.3, -0.25) is 14.4 Å². The number of aromatic nitrogens is 2. The maximum absolute atomic E-state index is 12.9. The molecule has 1 saturated carbocycles. The molecule has 140 valence electrons. The number of amides is 2. The lowest BCUT2D eigenvalue weighted by molar-refractivity contribution is -0.122. The highest BCUT2D eigenvalue weighted by Crippen LogP contribution is 2.38. The molecule has 0 spiro atoms. The van der Waals surface area contributed by atoms with Crippen molar-refractivity contribution in [3.8, 4) is 0 Å². The lowest BCUT2D eigenvalue weighted by atomic mass is 10.1. The predicted octanol–water partition coefficient (Wildman–Crippen LogP) is 1.47. The minimum absolute atomic E-state index is 0.0475. The van der Waals surface area contributed by atoms with Gasteiger partial charge in [-0.25, -0.2) is 4.68 Å². The largest absolute Gasteiger partial charge is 0.350 e. The molecule has 7 nitrogen and oxygen atoms in total. The van der Waals surface area contributed by atoms with Gasteiger partial charge in [0.2, 0.25) is 11.8 Å². The monoisotopic (exact) mass is 384 g/mol. The van der Waals surface area contributed by atoms with Crippen LogP contribution in [0.2, 0.25) is 0 Å². The fraction of sp³-hybridized carbons (Fsp3) is 0.368. The van der Waals surface area contributed by atoms with E-state index < -0.39 is 0 Å². The van der Waals surface area contributed by atoms with E-state index in [4.69, 9.17) is 0 Å². The van der Waals surface area contributed by atoms with Crippen molar-refractivity contribution < 1.29 is 9.59 Å². The van der Waals surface area contributed by atoms with Crippen molar-refractivity contribution in [3.63, 3.8) is 0 Å². The number of carbonyl (C=O) groups is 2. The number of nitrogens with zero attached hydrogens (tertiary/aromatic N) is 3. The molecule has 0 radical (unpaired) electrons. The molecule has 0 unspecified atom stereocenters. The number of carbonyl (C=O) groups excluding carboxylic acids is 2.